The topological polar surface area (TPSA) is 87.1 Å². The normalized spacial score (nSPS) is 21.8. The van der Waals surface area contributed by atoms with Gasteiger partial charge in [-0.15, -0.1) is 0 Å². The Bertz CT molecular complexity index is 499. The number of nitrogens with zero attached hydrogens (tertiary/aromatic N) is 1. The number of β-amino-alcohol motifs (C(OH)–C–C–N with tert-alkyl or cyclic N) is 1. The number of carbonyl (C=O) groups is 2. The molecule has 1 amide bonds. The molecule has 0 bridgehead atoms. The van der Waals surface area contributed by atoms with Crippen LogP contribution in [0, 0.1) is 0 Å². The van der Waals surface area contributed by atoms with E-state index < -0.39 is 24.0 Å². The quantitative estimate of drug-likeness (QED) is 0.849. The minimum absolute atomic E-state index is 0.0447. The number of benzene rings is 1. The molecule has 2 rings (SSSR count). The number of hydrogen-bond acceptors (Lipinski definition) is 4. The molecule has 0 radical (unpaired) electrons. The number of aliphatic hydroxyl groups excluding tert-OH is 1. The molecular weight excluding hydrogens is 262 g/mol. The molecule has 1 aliphatic rings. The lowest BCUT2D eigenvalue weighted by atomic mass is 10.1. The highest BCUT2D eigenvalue weighted by molar-refractivity contribution is 5.97. The number of carbonyl (C=O) groups excluding carboxylic acids is 1. The van der Waals surface area contributed by atoms with Crippen molar-refractivity contribution in [1.82, 2.24) is 4.90 Å². The highest BCUT2D eigenvalue weighted by atomic mass is 16.5. The first-order chi connectivity index (χ1) is 9.52. The van der Waals surface area contributed by atoms with Gasteiger partial charge in [-0.2, -0.15) is 0 Å². The summed E-state index contributed by atoms with van der Waals surface area (Å²) in [4.78, 5) is 24.6. The van der Waals surface area contributed by atoms with E-state index in [9.17, 15) is 14.7 Å². The first-order valence-corrected chi connectivity index (χ1v) is 6.47. The molecular formula is C14H17NO5. The van der Waals surface area contributed by atoms with E-state index in [0.29, 0.717) is 17.9 Å². The number of aliphatic hydroxyl groups is 1. The maximum atomic E-state index is 12.3. The monoisotopic (exact) mass is 279 g/mol. The first-order valence-electron chi connectivity index (χ1n) is 6.47. The third-order valence-corrected chi connectivity index (χ3v) is 3.24. The molecule has 0 aromatic heterocycles. The number of amides is 1. The Morgan fingerprint density at radius 3 is 2.55 bits per heavy atom. The number of carboxylic acids is 1. The van der Waals surface area contributed by atoms with Gasteiger partial charge in [0.05, 0.1) is 12.7 Å². The van der Waals surface area contributed by atoms with Crippen LogP contribution < -0.4 is 4.74 Å². The van der Waals surface area contributed by atoms with Gasteiger partial charge in [0.2, 0.25) is 0 Å². The number of ether oxygens (including phenoxy) is 1. The largest absolute Gasteiger partial charge is 0.494 e. The van der Waals surface area contributed by atoms with Gasteiger partial charge in [0.15, 0.2) is 0 Å². The minimum atomic E-state index is -1.10. The van der Waals surface area contributed by atoms with E-state index in [1.165, 1.54) is 4.90 Å². The summed E-state index contributed by atoms with van der Waals surface area (Å²) in [5, 5.41) is 18.6. The molecule has 1 fully saturated rings. The van der Waals surface area contributed by atoms with Crippen LogP contribution in [0.3, 0.4) is 0 Å². The van der Waals surface area contributed by atoms with Crippen molar-refractivity contribution >= 4 is 11.9 Å². The third-order valence-electron chi connectivity index (χ3n) is 3.24. The van der Waals surface area contributed by atoms with Crippen LogP contribution >= 0.6 is 0 Å². The Hall–Kier alpha value is -2.08. The van der Waals surface area contributed by atoms with E-state index in [4.69, 9.17) is 9.84 Å². The molecule has 1 heterocycles. The van der Waals surface area contributed by atoms with Gasteiger partial charge in [-0.1, -0.05) is 0 Å². The third kappa shape index (κ3) is 2.91. The summed E-state index contributed by atoms with van der Waals surface area (Å²) in [5.74, 6) is -0.835. The van der Waals surface area contributed by atoms with Crippen LogP contribution in [0.25, 0.3) is 0 Å². The van der Waals surface area contributed by atoms with Crippen LogP contribution in [0.15, 0.2) is 24.3 Å². The van der Waals surface area contributed by atoms with Gasteiger partial charge in [-0.25, -0.2) is 4.79 Å². The number of rotatable bonds is 4. The van der Waals surface area contributed by atoms with Crippen molar-refractivity contribution in [3.05, 3.63) is 29.8 Å². The fourth-order valence-electron chi connectivity index (χ4n) is 2.30. The Kier molecular flexibility index (Phi) is 4.24. The first kappa shape index (κ1) is 14.3. The SMILES string of the molecule is CCOc1ccc(C(=O)N2C[C@@H](O)C[C@H]2C(=O)O)cc1. The standard InChI is InChI=1S/C14H17NO5/c1-2-20-11-5-3-9(4-6-11)13(17)15-8-10(16)7-12(15)14(18)19/h3-6,10,12,16H,2,7-8H2,1H3,(H,18,19)/t10-,12-/m0/s1. The zero-order valence-corrected chi connectivity index (χ0v) is 11.2. The van der Waals surface area contributed by atoms with Gasteiger partial charge in [0, 0.05) is 18.5 Å². The Morgan fingerprint density at radius 1 is 1.35 bits per heavy atom. The molecule has 0 unspecified atom stereocenters. The average Bonchev–Trinajstić information content (AvgIpc) is 2.81. The molecule has 0 spiro atoms. The molecule has 2 N–H and O–H groups in total. The minimum Gasteiger partial charge on any atom is -0.494 e. The Labute approximate surface area is 116 Å². The molecule has 6 heteroatoms. The fourth-order valence-corrected chi connectivity index (χ4v) is 2.30. The lowest BCUT2D eigenvalue weighted by Crippen LogP contribution is -2.40. The van der Waals surface area contributed by atoms with Gasteiger partial charge in [-0.3, -0.25) is 4.79 Å². The van der Waals surface area contributed by atoms with Gasteiger partial charge in [0.25, 0.3) is 5.91 Å². The summed E-state index contributed by atoms with van der Waals surface area (Å²) in [6.45, 7) is 2.44. The predicted octanol–water partition coefficient (Wildman–Crippen LogP) is 0.745. The molecule has 1 aromatic carbocycles. The zero-order valence-electron chi connectivity index (χ0n) is 11.2. The second-order valence-corrected chi connectivity index (χ2v) is 4.66. The van der Waals surface area contributed by atoms with Crippen molar-refractivity contribution in [3.63, 3.8) is 0 Å². The molecule has 20 heavy (non-hydrogen) atoms. The summed E-state index contributed by atoms with van der Waals surface area (Å²) in [7, 11) is 0. The maximum absolute atomic E-state index is 12.3. The van der Waals surface area contributed by atoms with E-state index in [1.807, 2.05) is 6.92 Å². The Morgan fingerprint density at radius 2 is 2.00 bits per heavy atom. The van der Waals surface area contributed by atoms with Gasteiger partial charge in [0.1, 0.15) is 11.8 Å². The van der Waals surface area contributed by atoms with E-state index in [2.05, 4.69) is 0 Å². The molecule has 1 aliphatic heterocycles. The maximum Gasteiger partial charge on any atom is 0.326 e. The average molecular weight is 279 g/mol. The van der Waals surface area contributed by atoms with Crippen molar-refractivity contribution < 1.29 is 24.5 Å². The number of aliphatic carboxylic acids is 1. The molecule has 1 aromatic rings. The molecule has 0 saturated carbocycles. The van der Waals surface area contributed by atoms with Gasteiger partial charge < -0.3 is 19.8 Å². The summed E-state index contributed by atoms with van der Waals surface area (Å²) in [5.41, 5.74) is 0.383. The molecule has 108 valence electrons. The van der Waals surface area contributed by atoms with Crippen LogP contribution in [0.1, 0.15) is 23.7 Å². The van der Waals surface area contributed by atoms with Crippen LogP contribution in [0.4, 0.5) is 0 Å². The van der Waals surface area contributed by atoms with E-state index in [-0.39, 0.29) is 13.0 Å². The van der Waals surface area contributed by atoms with Crippen molar-refractivity contribution in [2.45, 2.75) is 25.5 Å². The second kappa shape index (κ2) is 5.92. The van der Waals surface area contributed by atoms with Gasteiger partial charge in [-0.05, 0) is 31.2 Å². The van der Waals surface area contributed by atoms with E-state index in [1.54, 1.807) is 24.3 Å². The summed E-state index contributed by atoms with van der Waals surface area (Å²) in [6.07, 6.45) is -0.722. The lowest BCUT2D eigenvalue weighted by Gasteiger charge is -2.21. The molecule has 0 aliphatic carbocycles. The molecule has 1 saturated heterocycles. The van der Waals surface area contributed by atoms with E-state index in [0.717, 1.165) is 0 Å². The van der Waals surface area contributed by atoms with Crippen LogP contribution in [-0.4, -0.2) is 52.3 Å². The smallest absolute Gasteiger partial charge is 0.326 e. The molecule has 6 nitrogen and oxygen atoms in total. The highest BCUT2D eigenvalue weighted by Crippen LogP contribution is 2.22. The second-order valence-electron chi connectivity index (χ2n) is 4.66. The summed E-state index contributed by atoms with van der Waals surface area (Å²) < 4.78 is 5.28. The van der Waals surface area contributed by atoms with Crippen LogP contribution in [-0.2, 0) is 4.79 Å². The Balaban J connectivity index is 2.15. The van der Waals surface area contributed by atoms with Crippen molar-refractivity contribution in [3.8, 4) is 5.75 Å². The number of hydrogen-bond donors (Lipinski definition) is 2. The summed E-state index contributed by atoms with van der Waals surface area (Å²) in [6, 6.07) is 5.55. The summed E-state index contributed by atoms with van der Waals surface area (Å²) >= 11 is 0. The number of likely N-dealkylation sites (tertiary alicyclic amines) is 1. The highest BCUT2D eigenvalue weighted by Gasteiger charge is 2.39. The zero-order chi connectivity index (χ0) is 14.7. The van der Waals surface area contributed by atoms with Crippen LogP contribution in [0.5, 0.6) is 5.75 Å². The number of carboxylic acid groups (broad SMARTS) is 1. The van der Waals surface area contributed by atoms with Gasteiger partial charge >= 0.3 is 5.97 Å². The predicted molar refractivity (Wildman–Crippen MR) is 70.7 cm³/mol. The van der Waals surface area contributed by atoms with Crippen LogP contribution in [0.2, 0.25) is 0 Å². The van der Waals surface area contributed by atoms with E-state index >= 15 is 0 Å². The lowest BCUT2D eigenvalue weighted by molar-refractivity contribution is -0.141. The fraction of sp³-hybridized carbons (Fsp3) is 0.429. The van der Waals surface area contributed by atoms with Crippen molar-refractivity contribution in [1.29, 1.82) is 0 Å². The van der Waals surface area contributed by atoms with Crippen molar-refractivity contribution in [2.75, 3.05) is 13.2 Å². The van der Waals surface area contributed by atoms with Crippen molar-refractivity contribution in [2.24, 2.45) is 0 Å². The molecule has 2 atom stereocenters.